The zero-order chi connectivity index (χ0) is 13.6. The van der Waals surface area contributed by atoms with Crippen LogP contribution >= 0.6 is 22.9 Å². The highest BCUT2D eigenvalue weighted by molar-refractivity contribution is 7.09. The Bertz CT molecular complexity index is 795. The van der Waals surface area contributed by atoms with Crippen LogP contribution in [-0.2, 0) is 0 Å². The predicted octanol–water partition coefficient (Wildman–Crippen LogP) is 2.51. The number of hydrogen-bond donors (Lipinski definition) is 1. The van der Waals surface area contributed by atoms with Crippen molar-refractivity contribution in [3.8, 4) is 11.5 Å². The Labute approximate surface area is 116 Å². The molecule has 0 amide bonds. The summed E-state index contributed by atoms with van der Waals surface area (Å²) in [6.07, 6.45) is 1.44. The molecular weight excluding hydrogens is 288 g/mol. The number of halogens is 1. The van der Waals surface area contributed by atoms with Crippen LogP contribution in [-0.4, -0.2) is 30.7 Å². The summed E-state index contributed by atoms with van der Waals surface area (Å²) in [5.41, 5.74) is 1.13. The van der Waals surface area contributed by atoms with Crippen molar-refractivity contribution in [2.45, 2.75) is 6.92 Å². The lowest BCUT2D eigenvalue weighted by Gasteiger charge is -2.01. The molecule has 6 nitrogen and oxygen atoms in total. The van der Waals surface area contributed by atoms with E-state index in [1.54, 1.807) is 4.40 Å². The minimum Gasteiger partial charge on any atom is -0.478 e. The van der Waals surface area contributed by atoms with E-state index in [1.807, 2.05) is 12.3 Å². The number of nitrogens with zero attached hydrogens (tertiary/aromatic N) is 4. The monoisotopic (exact) mass is 294 g/mol. The Hall–Kier alpha value is -1.99. The van der Waals surface area contributed by atoms with Crippen molar-refractivity contribution in [3.05, 3.63) is 33.2 Å². The van der Waals surface area contributed by atoms with Crippen molar-refractivity contribution in [1.82, 2.24) is 19.6 Å². The Morgan fingerprint density at radius 2 is 2.26 bits per heavy atom. The van der Waals surface area contributed by atoms with Crippen LogP contribution < -0.4 is 0 Å². The summed E-state index contributed by atoms with van der Waals surface area (Å²) < 4.78 is 1.54. The summed E-state index contributed by atoms with van der Waals surface area (Å²) in [5.74, 6) is -0.581. The van der Waals surface area contributed by atoms with E-state index in [1.165, 1.54) is 23.6 Å². The number of thiazole rings is 1. The highest BCUT2D eigenvalue weighted by Crippen LogP contribution is 2.24. The van der Waals surface area contributed by atoms with Gasteiger partial charge < -0.3 is 5.11 Å². The Morgan fingerprint density at radius 3 is 2.89 bits per heavy atom. The standard InChI is InChI=1S/C11H7ClN4O2S/c1-5-13-8(4-19-5)10-15-14-9-7(12)2-6(11(17)18)3-16(9)10/h2-4H,1H3,(H,17,18). The summed E-state index contributed by atoms with van der Waals surface area (Å²) in [4.78, 5) is 15.4. The number of carboxylic acids is 1. The van der Waals surface area contributed by atoms with Crippen molar-refractivity contribution in [2.75, 3.05) is 0 Å². The first-order valence-electron chi connectivity index (χ1n) is 5.26. The lowest BCUT2D eigenvalue weighted by molar-refractivity contribution is 0.0696. The van der Waals surface area contributed by atoms with Crippen LogP contribution in [0.15, 0.2) is 17.6 Å². The number of aryl methyl sites for hydroxylation is 1. The molecule has 19 heavy (non-hydrogen) atoms. The van der Waals surface area contributed by atoms with E-state index < -0.39 is 5.97 Å². The largest absolute Gasteiger partial charge is 0.478 e. The molecule has 0 saturated carbocycles. The van der Waals surface area contributed by atoms with Gasteiger partial charge in [0.1, 0.15) is 5.69 Å². The van der Waals surface area contributed by atoms with E-state index in [9.17, 15) is 4.79 Å². The van der Waals surface area contributed by atoms with Crippen molar-refractivity contribution < 1.29 is 9.90 Å². The van der Waals surface area contributed by atoms with Gasteiger partial charge in [-0.3, -0.25) is 4.40 Å². The number of aromatic carboxylic acids is 1. The van der Waals surface area contributed by atoms with Crippen LogP contribution in [0.5, 0.6) is 0 Å². The Morgan fingerprint density at radius 1 is 1.47 bits per heavy atom. The summed E-state index contributed by atoms with van der Waals surface area (Å²) >= 11 is 7.49. The van der Waals surface area contributed by atoms with Gasteiger partial charge in [-0.1, -0.05) is 11.6 Å². The van der Waals surface area contributed by atoms with Crippen LogP contribution in [0.3, 0.4) is 0 Å². The van der Waals surface area contributed by atoms with Crippen molar-refractivity contribution >= 4 is 34.6 Å². The fourth-order valence-electron chi connectivity index (χ4n) is 1.71. The second-order valence-electron chi connectivity index (χ2n) is 3.85. The van der Waals surface area contributed by atoms with Crippen molar-refractivity contribution in [1.29, 1.82) is 0 Å². The Balaban J connectivity index is 2.29. The van der Waals surface area contributed by atoms with Crippen LogP contribution in [0.4, 0.5) is 0 Å². The molecule has 3 aromatic heterocycles. The fourth-order valence-corrected chi connectivity index (χ4v) is 2.55. The van der Waals surface area contributed by atoms with E-state index in [0.29, 0.717) is 17.2 Å². The number of carboxylic acid groups (broad SMARTS) is 1. The van der Waals surface area contributed by atoms with Gasteiger partial charge in [0.15, 0.2) is 11.5 Å². The molecule has 3 rings (SSSR count). The van der Waals surface area contributed by atoms with Crippen LogP contribution in [0.1, 0.15) is 15.4 Å². The third-order valence-corrected chi connectivity index (χ3v) is 3.61. The molecule has 3 heterocycles. The first kappa shape index (κ1) is 12.1. The molecule has 1 N–H and O–H groups in total. The van der Waals surface area contributed by atoms with Gasteiger partial charge in [0.25, 0.3) is 0 Å². The first-order valence-corrected chi connectivity index (χ1v) is 6.52. The van der Waals surface area contributed by atoms with Gasteiger partial charge in [0, 0.05) is 11.6 Å². The molecule has 0 bridgehead atoms. The number of pyridine rings is 1. The number of carbonyl (C=O) groups is 1. The lowest BCUT2D eigenvalue weighted by Crippen LogP contribution is -2.00. The number of rotatable bonds is 2. The minimum absolute atomic E-state index is 0.0745. The highest BCUT2D eigenvalue weighted by atomic mass is 35.5. The third kappa shape index (κ3) is 1.96. The number of fused-ring (bicyclic) bond motifs is 1. The normalized spacial score (nSPS) is 11.1. The molecule has 3 aromatic rings. The average molecular weight is 295 g/mol. The summed E-state index contributed by atoms with van der Waals surface area (Å²) in [5, 5.41) is 20.0. The van der Waals surface area contributed by atoms with Gasteiger partial charge in [-0.25, -0.2) is 9.78 Å². The van der Waals surface area contributed by atoms with E-state index in [4.69, 9.17) is 16.7 Å². The molecule has 96 valence electrons. The molecule has 0 fully saturated rings. The molecule has 0 aromatic carbocycles. The summed E-state index contributed by atoms with van der Waals surface area (Å²) in [7, 11) is 0. The number of hydrogen-bond acceptors (Lipinski definition) is 5. The third-order valence-electron chi connectivity index (χ3n) is 2.55. The summed E-state index contributed by atoms with van der Waals surface area (Å²) in [6.45, 7) is 1.88. The van der Waals surface area contributed by atoms with E-state index in [2.05, 4.69) is 15.2 Å². The molecular formula is C11H7ClN4O2S. The maximum absolute atomic E-state index is 11.0. The highest BCUT2D eigenvalue weighted by Gasteiger charge is 2.16. The Kier molecular flexibility index (Phi) is 2.72. The predicted molar refractivity (Wildman–Crippen MR) is 70.8 cm³/mol. The van der Waals surface area contributed by atoms with Crippen LogP contribution in [0, 0.1) is 6.92 Å². The molecule has 0 saturated heterocycles. The second kappa shape index (κ2) is 4.29. The van der Waals surface area contributed by atoms with Gasteiger partial charge in [0.2, 0.25) is 0 Å². The zero-order valence-corrected chi connectivity index (χ0v) is 11.2. The van der Waals surface area contributed by atoms with E-state index >= 15 is 0 Å². The summed E-state index contributed by atoms with van der Waals surface area (Å²) in [6, 6.07) is 1.35. The van der Waals surface area contributed by atoms with Gasteiger partial charge in [-0.15, -0.1) is 21.5 Å². The van der Waals surface area contributed by atoms with Crippen LogP contribution in [0.2, 0.25) is 5.02 Å². The lowest BCUT2D eigenvalue weighted by atomic mass is 10.3. The molecule has 0 unspecified atom stereocenters. The maximum atomic E-state index is 11.0. The SMILES string of the molecule is Cc1nc(-c2nnc3c(Cl)cc(C(=O)O)cn23)cs1. The molecule has 0 radical (unpaired) electrons. The second-order valence-corrected chi connectivity index (χ2v) is 5.32. The van der Waals surface area contributed by atoms with Gasteiger partial charge >= 0.3 is 5.97 Å². The number of aromatic nitrogens is 4. The topological polar surface area (TPSA) is 80.4 Å². The molecule has 0 aliphatic carbocycles. The van der Waals surface area contributed by atoms with Crippen molar-refractivity contribution in [3.63, 3.8) is 0 Å². The first-order chi connectivity index (χ1) is 9.06. The van der Waals surface area contributed by atoms with Gasteiger partial charge in [-0.05, 0) is 13.0 Å². The van der Waals surface area contributed by atoms with Crippen molar-refractivity contribution in [2.24, 2.45) is 0 Å². The minimum atomic E-state index is -1.06. The fraction of sp³-hybridized carbons (Fsp3) is 0.0909. The quantitative estimate of drug-likeness (QED) is 0.785. The van der Waals surface area contributed by atoms with Gasteiger partial charge in [0.05, 0.1) is 15.6 Å². The molecule has 0 aliphatic heterocycles. The molecule has 0 aliphatic rings. The van der Waals surface area contributed by atoms with E-state index in [-0.39, 0.29) is 10.6 Å². The van der Waals surface area contributed by atoms with E-state index in [0.717, 1.165) is 5.01 Å². The average Bonchev–Trinajstić information content (AvgIpc) is 2.94. The molecule has 8 heteroatoms. The zero-order valence-electron chi connectivity index (χ0n) is 9.66. The van der Waals surface area contributed by atoms with Gasteiger partial charge in [-0.2, -0.15) is 0 Å². The van der Waals surface area contributed by atoms with Crippen LogP contribution in [0.25, 0.3) is 17.2 Å². The molecule has 0 spiro atoms. The smallest absolute Gasteiger partial charge is 0.337 e. The maximum Gasteiger partial charge on any atom is 0.337 e. The molecule has 0 atom stereocenters.